The fraction of sp³-hybridized carbons (Fsp3) is 0.688. The largest absolute Gasteiger partial charge is 0.444 e. The lowest BCUT2D eigenvalue weighted by molar-refractivity contribution is -0.140. The van der Waals surface area contributed by atoms with Crippen molar-refractivity contribution in [3.05, 3.63) is 16.1 Å². The molecule has 1 rings (SSSR count). The molecule has 162 valence electrons. The molecule has 7 nitrogen and oxygen atoms in total. The Morgan fingerprint density at radius 3 is 2.43 bits per heavy atom. The Labute approximate surface area is 184 Å². The van der Waals surface area contributed by atoms with Gasteiger partial charge in [-0.3, -0.25) is 4.99 Å². The van der Waals surface area contributed by atoms with E-state index in [1.54, 1.807) is 32.7 Å². The first kappa shape index (κ1) is 26.7. The quantitative estimate of drug-likeness (QED) is 0.329. The van der Waals surface area contributed by atoms with Gasteiger partial charge in [-0.15, -0.1) is 35.3 Å². The lowest BCUT2D eigenvalue weighted by atomic mass is 10.2. The Balaban J connectivity index is 0.00000729. The number of carbonyl (C=O) groups is 1. The van der Waals surface area contributed by atoms with Crippen molar-refractivity contribution >= 4 is 47.4 Å². The maximum Gasteiger partial charge on any atom is 0.434 e. The Morgan fingerprint density at radius 2 is 1.96 bits per heavy atom. The van der Waals surface area contributed by atoms with Crippen molar-refractivity contribution in [3.8, 4) is 0 Å². The highest BCUT2D eigenvalue weighted by Gasteiger charge is 2.33. The number of alkyl halides is 3. The molecule has 0 saturated carbocycles. The summed E-state index contributed by atoms with van der Waals surface area (Å²) in [6, 6.07) is 0. The maximum absolute atomic E-state index is 12.6. The Bertz CT molecular complexity index is 647. The molecule has 2 N–H and O–H groups in total. The van der Waals surface area contributed by atoms with Gasteiger partial charge in [0.2, 0.25) is 0 Å². The highest BCUT2D eigenvalue weighted by molar-refractivity contribution is 14.0. The van der Waals surface area contributed by atoms with E-state index in [0.717, 1.165) is 16.7 Å². The van der Waals surface area contributed by atoms with Crippen molar-refractivity contribution < 1.29 is 22.7 Å². The Hall–Kier alpha value is -1.31. The molecule has 1 heterocycles. The number of hydrogen-bond donors (Lipinski definition) is 2. The molecule has 0 aliphatic carbocycles. The molecule has 0 bridgehead atoms. The van der Waals surface area contributed by atoms with Crippen LogP contribution in [-0.4, -0.2) is 54.2 Å². The number of rotatable bonds is 6. The second-order valence-corrected chi connectivity index (χ2v) is 7.48. The molecule has 0 spiro atoms. The van der Waals surface area contributed by atoms with Crippen LogP contribution in [0.2, 0.25) is 0 Å². The summed E-state index contributed by atoms with van der Waals surface area (Å²) in [6.45, 7) is 8.63. The summed E-state index contributed by atoms with van der Waals surface area (Å²) in [5.74, 6) is 0.402. The third kappa shape index (κ3) is 9.75. The summed E-state index contributed by atoms with van der Waals surface area (Å²) in [7, 11) is 1.55. The SMILES string of the molecule is CCN(CCNC(=NC)NCc1nc(C(F)(F)F)cs1)C(=O)OC(C)(C)C.I. The minimum absolute atomic E-state index is 0. The molecule has 0 saturated heterocycles. The molecule has 1 aromatic heterocycles. The van der Waals surface area contributed by atoms with E-state index >= 15 is 0 Å². The van der Waals surface area contributed by atoms with E-state index < -0.39 is 23.6 Å². The van der Waals surface area contributed by atoms with E-state index in [4.69, 9.17) is 4.74 Å². The molecule has 0 atom stereocenters. The molecule has 1 aromatic rings. The van der Waals surface area contributed by atoms with Crippen LogP contribution >= 0.6 is 35.3 Å². The number of hydrogen-bond acceptors (Lipinski definition) is 5. The van der Waals surface area contributed by atoms with Gasteiger partial charge in [0.1, 0.15) is 10.6 Å². The van der Waals surface area contributed by atoms with Gasteiger partial charge < -0.3 is 20.3 Å². The molecule has 0 radical (unpaired) electrons. The normalized spacial score (nSPS) is 12.2. The number of carbonyl (C=O) groups excluding carboxylic acids is 1. The number of halogens is 4. The van der Waals surface area contributed by atoms with Gasteiger partial charge in [-0.05, 0) is 27.7 Å². The Kier molecular flexibility index (Phi) is 11.1. The smallest absolute Gasteiger partial charge is 0.434 e. The zero-order valence-electron chi connectivity index (χ0n) is 16.5. The Morgan fingerprint density at radius 1 is 1.32 bits per heavy atom. The number of guanidine groups is 1. The number of ether oxygens (including phenoxy) is 1. The molecule has 12 heteroatoms. The number of thiazole rings is 1. The van der Waals surface area contributed by atoms with Crippen molar-refractivity contribution in [2.75, 3.05) is 26.7 Å². The first-order chi connectivity index (χ1) is 12.5. The first-order valence-electron chi connectivity index (χ1n) is 8.40. The van der Waals surface area contributed by atoms with Gasteiger partial charge in [-0.2, -0.15) is 13.2 Å². The van der Waals surface area contributed by atoms with Crippen LogP contribution in [0, 0.1) is 0 Å². The predicted octanol–water partition coefficient (Wildman–Crippen LogP) is 3.70. The highest BCUT2D eigenvalue weighted by atomic mass is 127. The van der Waals surface area contributed by atoms with Crippen LogP contribution < -0.4 is 10.6 Å². The number of aliphatic imine (C=N–C) groups is 1. The number of nitrogens with zero attached hydrogens (tertiary/aromatic N) is 3. The predicted molar refractivity (Wildman–Crippen MR) is 114 cm³/mol. The lowest BCUT2D eigenvalue weighted by Crippen LogP contribution is -2.44. The minimum Gasteiger partial charge on any atom is -0.444 e. The summed E-state index contributed by atoms with van der Waals surface area (Å²) in [6.07, 6.45) is -4.85. The first-order valence-corrected chi connectivity index (χ1v) is 9.28. The summed E-state index contributed by atoms with van der Waals surface area (Å²) in [5.41, 5.74) is -1.47. The van der Waals surface area contributed by atoms with E-state index in [1.165, 1.54) is 0 Å². The van der Waals surface area contributed by atoms with Gasteiger partial charge in [0.05, 0.1) is 6.54 Å². The van der Waals surface area contributed by atoms with Crippen molar-refractivity contribution in [3.63, 3.8) is 0 Å². The van der Waals surface area contributed by atoms with Gasteiger partial charge >= 0.3 is 12.3 Å². The van der Waals surface area contributed by atoms with E-state index in [-0.39, 0.29) is 30.5 Å². The lowest BCUT2D eigenvalue weighted by Gasteiger charge is -2.26. The minimum atomic E-state index is -4.44. The second kappa shape index (κ2) is 11.6. The third-order valence-corrected chi connectivity index (χ3v) is 4.03. The van der Waals surface area contributed by atoms with Crippen molar-refractivity contribution in [1.82, 2.24) is 20.5 Å². The zero-order valence-corrected chi connectivity index (χ0v) is 19.7. The van der Waals surface area contributed by atoms with Gasteiger partial charge in [0, 0.05) is 32.1 Å². The number of aromatic nitrogens is 1. The molecule has 0 unspecified atom stereocenters. The molecule has 0 fully saturated rings. The summed E-state index contributed by atoms with van der Waals surface area (Å²) in [5, 5.41) is 7.18. The van der Waals surface area contributed by atoms with Gasteiger partial charge in [-0.1, -0.05) is 0 Å². The van der Waals surface area contributed by atoms with E-state index in [9.17, 15) is 18.0 Å². The van der Waals surface area contributed by atoms with Crippen LogP contribution in [0.15, 0.2) is 10.4 Å². The summed E-state index contributed by atoms with van der Waals surface area (Å²) in [4.78, 5) is 21.1. The van der Waals surface area contributed by atoms with Crippen LogP contribution in [0.1, 0.15) is 38.4 Å². The van der Waals surface area contributed by atoms with Gasteiger partial charge in [0.15, 0.2) is 11.7 Å². The van der Waals surface area contributed by atoms with Crippen LogP contribution in [0.3, 0.4) is 0 Å². The standard InChI is InChI=1S/C16H26F3N5O2S.HI/c1-6-24(14(25)26-15(2,3)4)8-7-21-13(20-5)22-9-12-23-11(10-27-12)16(17,18)19;/h10H,6-9H2,1-5H3,(H2,20,21,22);1H. The van der Waals surface area contributed by atoms with Gasteiger partial charge in [-0.25, -0.2) is 9.78 Å². The molecular formula is C16H27F3IN5O2S. The van der Waals surface area contributed by atoms with E-state index in [1.807, 2.05) is 6.92 Å². The fourth-order valence-corrected chi connectivity index (χ4v) is 2.66. The fourth-order valence-electron chi connectivity index (χ4n) is 1.92. The zero-order chi connectivity index (χ0) is 20.7. The molecule has 0 aromatic carbocycles. The number of amides is 1. The van der Waals surface area contributed by atoms with Gasteiger partial charge in [0.25, 0.3) is 0 Å². The van der Waals surface area contributed by atoms with Crippen LogP contribution in [0.5, 0.6) is 0 Å². The number of likely N-dealkylation sites (N-methyl/N-ethyl adjacent to an activating group) is 1. The van der Waals surface area contributed by atoms with Crippen LogP contribution in [-0.2, 0) is 17.5 Å². The number of nitrogens with one attached hydrogen (secondary N) is 2. The molecule has 0 aliphatic heterocycles. The molecule has 1 amide bonds. The second-order valence-electron chi connectivity index (χ2n) is 6.54. The highest BCUT2D eigenvalue weighted by Crippen LogP contribution is 2.29. The molecule has 28 heavy (non-hydrogen) atoms. The molecular weight excluding hydrogens is 510 g/mol. The van der Waals surface area contributed by atoms with Crippen LogP contribution in [0.4, 0.5) is 18.0 Å². The summed E-state index contributed by atoms with van der Waals surface area (Å²) < 4.78 is 43.0. The topological polar surface area (TPSA) is 78.9 Å². The van der Waals surface area contributed by atoms with E-state index in [2.05, 4.69) is 20.6 Å². The maximum atomic E-state index is 12.6. The average Bonchev–Trinajstić information content (AvgIpc) is 3.01. The average molecular weight is 537 g/mol. The van der Waals surface area contributed by atoms with Crippen molar-refractivity contribution in [2.45, 2.75) is 46.0 Å². The van der Waals surface area contributed by atoms with Crippen LogP contribution in [0.25, 0.3) is 0 Å². The monoisotopic (exact) mass is 537 g/mol. The third-order valence-electron chi connectivity index (χ3n) is 3.18. The molecule has 0 aliphatic rings. The van der Waals surface area contributed by atoms with Crippen molar-refractivity contribution in [2.24, 2.45) is 4.99 Å². The van der Waals surface area contributed by atoms with Crippen molar-refractivity contribution in [1.29, 1.82) is 0 Å². The van der Waals surface area contributed by atoms with E-state index in [0.29, 0.717) is 30.6 Å². The summed E-state index contributed by atoms with van der Waals surface area (Å²) >= 11 is 0.925.